The molecular formula is C8H10N2O3S. The quantitative estimate of drug-likeness (QED) is 0.688. The molecule has 0 fully saturated rings. The van der Waals surface area contributed by atoms with Crippen LogP contribution < -0.4 is 10.6 Å². The predicted molar refractivity (Wildman–Crippen MR) is 52.2 cm³/mol. The van der Waals surface area contributed by atoms with Crippen molar-refractivity contribution >= 4 is 23.3 Å². The van der Waals surface area contributed by atoms with Gasteiger partial charge in [-0.25, -0.2) is 4.79 Å². The van der Waals surface area contributed by atoms with Crippen molar-refractivity contribution in [1.82, 2.24) is 10.6 Å². The van der Waals surface area contributed by atoms with Crippen LogP contribution in [0.25, 0.3) is 0 Å². The Morgan fingerprint density at radius 1 is 1.43 bits per heavy atom. The second-order valence-electron chi connectivity index (χ2n) is 2.56. The minimum Gasteiger partial charge on any atom is -0.480 e. The van der Waals surface area contributed by atoms with Crippen molar-refractivity contribution in [3.63, 3.8) is 0 Å². The second-order valence-corrected chi connectivity index (χ2v) is 3.34. The lowest BCUT2D eigenvalue weighted by atomic mass is 10.3. The van der Waals surface area contributed by atoms with Gasteiger partial charge in [-0.05, 0) is 22.4 Å². The van der Waals surface area contributed by atoms with Gasteiger partial charge in [0.25, 0.3) is 0 Å². The van der Waals surface area contributed by atoms with Crippen molar-refractivity contribution < 1.29 is 14.7 Å². The third-order valence-corrected chi connectivity index (χ3v) is 2.17. The van der Waals surface area contributed by atoms with Crippen molar-refractivity contribution in [3.8, 4) is 0 Å². The zero-order valence-corrected chi connectivity index (χ0v) is 8.13. The zero-order chi connectivity index (χ0) is 10.4. The molecule has 0 aliphatic carbocycles. The molecule has 5 nitrogen and oxygen atoms in total. The molecule has 0 saturated heterocycles. The smallest absolute Gasteiger partial charge is 0.323 e. The topological polar surface area (TPSA) is 78.4 Å². The van der Waals surface area contributed by atoms with Gasteiger partial charge >= 0.3 is 12.0 Å². The summed E-state index contributed by atoms with van der Waals surface area (Å²) < 4.78 is 0. The van der Waals surface area contributed by atoms with Crippen LogP contribution in [0, 0.1) is 0 Å². The fraction of sp³-hybridized carbons (Fsp3) is 0.250. The Labute approximate surface area is 84.7 Å². The van der Waals surface area contributed by atoms with Gasteiger partial charge in [-0.3, -0.25) is 4.79 Å². The Bertz CT molecular complexity index is 310. The van der Waals surface area contributed by atoms with E-state index in [1.54, 1.807) is 11.3 Å². The molecule has 76 valence electrons. The number of thiophene rings is 1. The van der Waals surface area contributed by atoms with Gasteiger partial charge in [-0.1, -0.05) is 0 Å². The van der Waals surface area contributed by atoms with Crippen LogP contribution in [-0.4, -0.2) is 23.7 Å². The maximum Gasteiger partial charge on any atom is 0.323 e. The third kappa shape index (κ3) is 3.90. The van der Waals surface area contributed by atoms with Crippen molar-refractivity contribution in [2.75, 3.05) is 6.54 Å². The van der Waals surface area contributed by atoms with Crippen LogP contribution in [0.2, 0.25) is 0 Å². The lowest BCUT2D eigenvalue weighted by molar-refractivity contribution is -0.135. The summed E-state index contributed by atoms with van der Waals surface area (Å²) in [4.78, 5) is 21.1. The number of hydrogen-bond acceptors (Lipinski definition) is 3. The monoisotopic (exact) mass is 214 g/mol. The summed E-state index contributed by atoms with van der Waals surface area (Å²) in [7, 11) is 0. The first-order valence-electron chi connectivity index (χ1n) is 3.93. The van der Waals surface area contributed by atoms with Gasteiger partial charge in [0.05, 0.1) is 0 Å². The Hall–Kier alpha value is -1.56. The lowest BCUT2D eigenvalue weighted by Crippen LogP contribution is -2.37. The van der Waals surface area contributed by atoms with Crippen LogP contribution in [0.4, 0.5) is 4.79 Å². The Morgan fingerprint density at radius 2 is 2.21 bits per heavy atom. The van der Waals surface area contributed by atoms with E-state index in [0.717, 1.165) is 5.56 Å². The summed E-state index contributed by atoms with van der Waals surface area (Å²) in [6.07, 6.45) is 0. The fourth-order valence-corrected chi connectivity index (χ4v) is 1.46. The summed E-state index contributed by atoms with van der Waals surface area (Å²) in [5, 5.41) is 16.8. The highest BCUT2D eigenvalue weighted by Gasteiger charge is 2.02. The highest BCUT2D eigenvalue weighted by Crippen LogP contribution is 2.04. The van der Waals surface area contributed by atoms with Crippen molar-refractivity contribution in [1.29, 1.82) is 0 Å². The molecular weight excluding hydrogens is 204 g/mol. The molecule has 14 heavy (non-hydrogen) atoms. The number of rotatable bonds is 4. The number of urea groups is 1. The number of carbonyl (C=O) groups is 2. The lowest BCUT2D eigenvalue weighted by Gasteiger charge is -2.03. The van der Waals surface area contributed by atoms with Crippen molar-refractivity contribution in [2.24, 2.45) is 0 Å². The molecule has 0 aliphatic heterocycles. The van der Waals surface area contributed by atoms with Crippen molar-refractivity contribution in [2.45, 2.75) is 6.54 Å². The van der Waals surface area contributed by atoms with E-state index in [1.165, 1.54) is 0 Å². The number of carbonyl (C=O) groups excluding carboxylic acids is 1. The van der Waals surface area contributed by atoms with Crippen LogP contribution >= 0.6 is 11.3 Å². The molecule has 1 aromatic heterocycles. The first kappa shape index (κ1) is 10.5. The van der Waals surface area contributed by atoms with Crippen LogP contribution in [0.1, 0.15) is 5.56 Å². The first-order chi connectivity index (χ1) is 6.68. The molecule has 2 amide bonds. The molecule has 0 bridgehead atoms. The van der Waals surface area contributed by atoms with E-state index in [9.17, 15) is 9.59 Å². The number of carboxylic acid groups (broad SMARTS) is 1. The number of aliphatic carboxylic acids is 1. The molecule has 6 heteroatoms. The highest BCUT2D eigenvalue weighted by atomic mass is 32.1. The minimum atomic E-state index is -1.06. The standard InChI is InChI=1S/C8H10N2O3S/c11-7(12)4-10-8(13)9-3-6-1-2-14-5-6/h1-2,5H,3-4H2,(H,11,12)(H2,9,10,13). The van der Waals surface area contributed by atoms with Crippen LogP contribution in [0.15, 0.2) is 16.8 Å². The summed E-state index contributed by atoms with van der Waals surface area (Å²) in [5.41, 5.74) is 1.00. The molecule has 1 aromatic rings. The SMILES string of the molecule is O=C(O)CNC(=O)NCc1ccsc1. The molecule has 0 saturated carbocycles. The number of carboxylic acids is 1. The number of hydrogen-bond donors (Lipinski definition) is 3. The summed E-state index contributed by atoms with van der Waals surface area (Å²) in [6.45, 7) is 0.0461. The van der Waals surface area contributed by atoms with E-state index in [-0.39, 0.29) is 6.54 Å². The molecule has 0 aliphatic rings. The van der Waals surface area contributed by atoms with E-state index in [4.69, 9.17) is 5.11 Å². The van der Waals surface area contributed by atoms with E-state index < -0.39 is 12.0 Å². The van der Waals surface area contributed by atoms with Crippen molar-refractivity contribution in [3.05, 3.63) is 22.4 Å². The summed E-state index contributed by atoms with van der Waals surface area (Å²) in [5.74, 6) is -1.06. The van der Waals surface area contributed by atoms with Crippen LogP contribution in [0.3, 0.4) is 0 Å². The van der Waals surface area contributed by atoms with Gasteiger partial charge in [-0.15, -0.1) is 0 Å². The molecule has 0 radical (unpaired) electrons. The molecule has 0 unspecified atom stereocenters. The van der Waals surface area contributed by atoms with Gasteiger partial charge in [-0.2, -0.15) is 11.3 Å². The molecule has 0 spiro atoms. The number of nitrogens with one attached hydrogen (secondary N) is 2. The van der Waals surface area contributed by atoms with E-state index in [2.05, 4.69) is 10.6 Å². The van der Waals surface area contributed by atoms with Gasteiger partial charge in [0.15, 0.2) is 0 Å². The molecule has 3 N–H and O–H groups in total. The van der Waals surface area contributed by atoms with E-state index in [1.807, 2.05) is 16.8 Å². The average Bonchev–Trinajstić information content (AvgIpc) is 2.63. The van der Waals surface area contributed by atoms with Gasteiger partial charge in [0.2, 0.25) is 0 Å². The maximum absolute atomic E-state index is 11.0. The second kappa shape index (κ2) is 5.23. The Kier molecular flexibility index (Phi) is 3.93. The average molecular weight is 214 g/mol. The maximum atomic E-state index is 11.0. The zero-order valence-electron chi connectivity index (χ0n) is 7.32. The van der Waals surface area contributed by atoms with E-state index >= 15 is 0 Å². The minimum absolute atomic E-state index is 0.366. The Balaban J connectivity index is 2.18. The van der Waals surface area contributed by atoms with E-state index in [0.29, 0.717) is 6.54 Å². The molecule has 0 aromatic carbocycles. The van der Waals surface area contributed by atoms with Crippen LogP contribution in [-0.2, 0) is 11.3 Å². The van der Waals surface area contributed by atoms with Crippen LogP contribution in [0.5, 0.6) is 0 Å². The predicted octanol–water partition coefficient (Wildman–Crippen LogP) is 0.632. The molecule has 1 rings (SSSR count). The summed E-state index contributed by atoms with van der Waals surface area (Å²) >= 11 is 1.54. The third-order valence-electron chi connectivity index (χ3n) is 1.43. The summed E-state index contributed by atoms with van der Waals surface area (Å²) in [6, 6.07) is 1.42. The number of amides is 2. The van der Waals surface area contributed by atoms with Gasteiger partial charge < -0.3 is 15.7 Å². The first-order valence-corrected chi connectivity index (χ1v) is 4.87. The molecule has 0 atom stereocenters. The molecule has 1 heterocycles. The highest BCUT2D eigenvalue weighted by molar-refractivity contribution is 7.07. The fourth-order valence-electron chi connectivity index (χ4n) is 0.794. The van der Waals surface area contributed by atoms with Gasteiger partial charge in [0, 0.05) is 6.54 Å². The Morgan fingerprint density at radius 3 is 2.79 bits per heavy atom. The largest absolute Gasteiger partial charge is 0.480 e. The van der Waals surface area contributed by atoms with Gasteiger partial charge in [0.1, 0.15) is 6.54 Å². The normalized spacial score (nSPS) is 9.43.